The van der Waals surface area contributed by atoms with Crippen molar-refractivity contribution in [3.05, 3.63) is 18.1 Å². The van der Waals surface area contributed by atoms with E-state index in [-0.39, 0.29) is 11.2 Å². The maximum Gasteiger partial charge on any atom is 0.186 e. The van der Waals surface area contributed by atoms with E-state index in [1.54, 1.807) is 0 Å². The third-order valence-corrected chi connectivity index (χ3v) is 1.43. The molecule has 0 fully saturated rings. The molecule has 0 radical (unpaired) electrons. The molecule has 56 valence electrons. The van der Waals surface area contributed by atoms with Crippen molar-refractivity contribution < 1.29 is 4.39 Å². The highest BCUT2D eigenvalue weighted by atomic mass is 19.1. The zero-order valence-corrected chi connectivity index (χ0v) is 5.50. The predicted octanol–water partition coefficient (Wildman–Crippen LogP) is 0.679. The van der Waals surface area contributed by atoms with Crippen molar-refractivity contribution >= 4 is 16.9 Å². The monoisotopic (exact) mass is 152 g/mol. The topological polar surface area (TPSA) is 67.6 Å². The number of halogens is 1. The van der Waals surface area contributed by atoms with Crippen LogP contribution >= 0.6 is 0 Å². The van der Waals surface area contributed by atoms with Crippen molar-refractivity contribution in [3.8, 4) is 0 Å². The summed E-state index contributed by atoms with van der Waals surface area (Å²) in [5.41, 5.74) is 5.69. The van der Waals surface area contributed by atoms with Crippen LogP contribution in [0, 0.1) is 5.82 Å². The first-order valence-electron chi connectivity index (χ1n) is 3.03. The lowest BCUT2D eigenvalue weighted by atomic mass is 10.3. The molecule has 0 aliphatic rings. The van der Waals surface area contributed by atoms with Gasteiger partial charge in [0.05, 0.1) is 5.39 Å². The van der Waals surface area contributed by atoms with Crippen LogP contribution < -0.4 is 5.73 Å². The molecule has 0 aliphatic heterocycles. The standard InChI is InChI=1S/C6H5FN4/c7-3-1-2-9-6-4(3)5(8)10-11-6/h1-2H,(H3,8,9,10,11). The quantitative estimate of drug-likeness (QED) is 0.583. The van der Waals surface area contributed by atoms with Crippen LogP contribution in [0.1, 0.15) is 0 Å². The summed E-state index contributed by atoms with van der Waals surface area (Å²) in [6.07, 6.45) is 1.35. The van der Waals surface area contributed by atoms with Gasteiger partial charge >= 0.3 is 0 Å². The average molecular weight is 152 g/mol. The number of aromatic amines is 1. The van der Waals surface area contributed by atoms with Crippen molar-refractivity contribution in [1.82, 2.24) is 15.2 Å². The van der Waals surface area contributed by atoms with Crippen LogP contribution in [0.3, 0.4) is 0 Å². The summed E-state index contributed by atoms with van der Waals surface area (Å²) >= 11 is 0. The fraction of sp³-hybridized carbons (Fsp3) is 0. The second-order valence-electron chi connectivity index (χ2n) is 2.13. The van der Waals surface area contributed by atoms with Crippen LogP contribution in [0.5, 0.6) is 0 Å². The largest absolute Gasteiger partial charge is 0.383 e. The Morgan fingerprint density at radius 2 is 2.36 bits per heavy atom. The average Bonchev–Trinajstić information content (AvgIpc) is 2.34. The molecule has 0 bridgehead atoms. The van der Waals surface area contributed by atoms with Gasteiger partial charge in [-0.25, -0.2) is 9.37 Å². The summed E-state index contributed by atoms with van der Waals surface area (Å²) in [5, 5.41) is 6.38. The highest BCUT2D eigenvalue weighted by Crippen LogP contribution is 2.17. The minimum absolute atomic E-state index is 0.214. The lowest BCUT2D eigenvalue weighted by Gasteiger charge is -1.89. The smallest absolute Gasteiger partial charge is 0.186 e. The first-order chi connectivity index (χ1) is 5.29. The summed E-state index contributed by atoms with van der Waals surface area (Å²) in [5.74, 6) is -0.188. The lowest BCUT2D eigenvalue weighted by Crippen LogP contribution is -1.86. The maximum atomic E-state index is 12.9. The Hall–Kier alpha value is -1.65. The SMILES string of the molecule is Nc1[nH]nc2nccc(F)c12. The molecule has 0 aliphatic carbocycles. The van der Waals surface area contributed by atoms with Crippen molar-refractivity contribution in [3.63, 3.8) is 0 Å². The molecule has 0 atom stereocenters. The highest BCUT2D eigenvalue weighted by Gasteiger charge is 2.06. The van der Waals surface area contributed by atoms with Crippen LogP contribution in [0.4, 0.5) is 10.2 Å². The highest BCUT2D eigenvalue weighted by molar-refractivity contribution is 5.85. The number of hydrogen-bond donors (Lipinski definition) is 2. The molecular weight excluding hydrogens is 147 g/mol. The van der Waals surface area contributed by atoms with Gasteiger partial charge < -0.3 is 5.73 Å². The number of nitrogens with two attached hydrogens (primary N) is 1. The van der Waals surface area contributed by atoms with Gasteiger partial charge in [0.15, 0.2) is 5.65 Å². The zero-order valence-electron chi connectivity index (χ0n) is 5.50. The van der Waals surface area contributed by atoms with Gasteiger partial charge in [0, 0.05) is 6.20 Å². The van der Waals surface area contributed by atoms with E-state index >= 15 is 0 Å². The van der Waals surface area contributed by atoms with E-state index in [9.17, 15) is 4.39 Å². The van der Waals surface area contributed by atoms with Gasteiger partial charge in [0.25, 0.3) is 0 Å². The number of anilines is 1. The number of nitrogens with one attached hydrogen (secondary N) is 1. The second-order valence-corrected chi connectivity index (χ2v) is 2.13. The molecule has 2 rings (SSSR count). The summed E-state index contributed by atoms with van der Waals surface area (Å²) in [4.78, 5) is 3.80. The van der Waals surface area contributed by atoms with E-state index in [1.165, 1.54) is 12.3 Å². The van der Waals surface area contributed by atoms with Crippen molar-refractivity contribution in [1.29, 1.82) is 0 Å². The Kier molecular flexibility index (Phi) is 1.06. The molecule has 0 aromatic carbocycles. The van der Waals surface area contributed by atoms with Gasteiger partial charge in [-0.15, -0.1) is 0 Å². The molecule has 2 aromatic heterocycles. The fourth-order valence-electron chi connectivity index (χ4n) is 0.931. The molecule has 0 unspecified atom stereocenters. The third-order valence-electron chi connectivity index (χ3n) is 1.43. The van der Waals surface area contributed by atoms with E-state index in [2.05, 4.69) is 15.2 Å². The second kappa shape index (κ2) is 1.91. The minimum atomic E-state index is -0.402. The number of fused-ring (bicyclic) bond motifs is 1. The Morgan fingerprint density at radius 1 is 1.55 bits per heavy atom. The van der Waals surface area contributed by atoms with E-state index in [0.717, 1.165) is 0 Å². The number of aromatic nitrogens is 3. The van der Waals surface area contributed by atoms with Crippen LogP contribution in [-0.2, 0) is 0 Å². The molecule has 0 amide bonds. The van der Waals surface area contributed by atoms with E-state index in [0.29, 0.717) is 5.65 Å². The summed E-state index contributed by atoms with van der Waals surface area (Å²) in [6, 6.07) is 1.24. The van der Waals surface area contributed by atoms with Crippen LogP contribution in [0.15, 0.2) is 12.3 Å². The molecule has 3 N–H and O–H groups in total. The van der Waals surface area contributed by atoms with E-state index in [1.807, 2.05) is 0 Å². The first kappa shape index (κ1) is 6.09. The normalized spacial score (nSPS) is 10.6. The van der Waals surface area contributed by atoms with Crippen LogP contribution in [0.2, 0.25) is 0 Å². The number of nitrogens with zero attached hydrogens (tertiary/aromatic N) is 2. The molecule has 0 spiro atoms. The van der Waals surface area contributed by atoms with Gasteiger partial charge in [0.1, 0.15) is 11.6 Å². The number of hydrogen-bond acceptors (Lipinski definition) is 3. The van der Waals surface area contributed by atoms with E-state index < -0.39 is 5.82 Å². The van der Waals surface area contributed by atoms with Crippen molar-refractivity contribution in [2.75, 3.05) is 5.73 Å². The van der Waals surface area contributed by atoms with Gasteiger partial charge in [-0.05, 0) is 6.07 Å². The Balaban J connectivity index is 2.96. The van der Waals surface area contributed by atoms with Crippen molar-refractivity contribution in [2.24, 2.45) is 0 Å². The van der Waals surface area contributed by atoms with Crippen LogP contribution in [-0.4, -0.2) is 15.2 Å². The Bertz CT molecular complexity index is 394. The molecule has 2 heterocycles. The number of nitrogen functional groups attached to an aromatic ring is 1. The van der Waals surface area contributed by atoms with Crippen molar-refractivity contribution in [2.45, 2.75) is 0 Å². The van der Waals surface area contributed by atoms with Gasteiger partial charge in [-0.2, -0.15) is 5.10 Å². The lowest BCUT2D eigenvalue weighted by molar-refractivity contribution is 0.639. The number of pyridine rings is 1. The van der Waals surface area contributed by atoms with Gasteiger partial charge in [-0.1, -0.05) is 0 Å². The minimum Gasteiger partial charge on any atom is -0.383 e. The number of rotatable bonds is 0. The predicted molar refractivity (Wildman–Crippen MR) is 38.3 cm³/mol. The molecule has 0 saturated carbocycles. The number of H-pyrrole nitrogens is 1. The first-order valence-corrected chi connectivity index (χ1v) is 3.03. The van der Waals surface area contributed by atoms with Gasteiger partial charge in [0.2, 0.25) is 0 Å². The maximum absolute atomic E-state index is 12.9. The molecular formula is C6H5FN4. The Labute approximate surface area is 61.2 Å². The molecule has 2 aromatic rings. The van der Waals surface area contributed by atoms with Gasteiger partial charge in [-0.3, -0.25) is 5.10 Å². The Morgan fingerprint density at radius 3 is 3.09 bits per heavy atom. The van der Waals surface area contributed by atoms with Crippen LogP contribution in [0.25, 0.3) is 11.0 Å². The zero-order chi connectivity index (χ0) is 7.84. The molecule has 0 saturated heterocycles. The molecule has 4 nitrogen and oxygen atoms in total. The van der Waals surface area contributed by atoms with E-state index in [4.69, 9.17) is 5.73 Å². The summed E-state index contributed by atoms with van der Waals surface area (Å²) in [6.45, 7) is 0. The molecule has 11 heavy (non-hydrogen) atoms. The fourth-order valence-corrected chi connectivity index (χ4v) is 0.931. The summed E-state index contributed by atoms with van der Waals surface area (Å²) in [7, 11) is 0. The molecule has 5 heteroatoms. The summed E-state index contributed by atoms with van der Waals surface area (Å²) < 4.78 is 12.9. The third kappa shape index (κ3) is 0.739.